The van der Waals surface area contributed by atoms with E-state index < -0.39 is 0 Å². The number of rotatable bonds is 3. The van der Waals surface area contributed by atoms with Gasteiger partial charge in [-0.2, -0.15) is 0 Å². The van der Waals surface area contributed by atoms with Crippen LogP contribution in [0, 0.1) is 0 Å². The summed E-state index contributed by atoms with van der Waals surface area (Å²) in [5.41, 5.74) is 3.94. The molecule has 0 saturated carbocycles. The van der Waals surface area contributed by atoms with Crippen LogP contribution in [0.3, 0.4) is 0 Å². The third-order valence-electron chi connectivity index (χ3n) is 3.87. The van der Waals surface area contributed by atoms with Crippen molar-refractivity contribution in [3.05, 3.63) is 59.2 Å². The predicted octanol–water partition coefficient (Wildman–Crippen LogP) is 3.09. The molecule has 0 aromatic heterocycles. The van der Waals surface area contributed by atoms with Gasteiger partial charge in [0.05, 0.1) is 14.2 Å². The molecular weight excluding hydrogens is 250 g/mol. The summed E-state index contributed by atoms with van der Waals surface area (Å²) in [4.78, 5) is 0. The Balaban J connectivity index is 1.91. The molecule has 0 bridgehead atoms. The summed E-state index contributed by atoms with van der Waals surface area (Å²) in [5, 5.41) is 3.58. The number of methoxy groups -OCH3 is 2. The average molecular weight is 269 g/mol. The molecule has 20 heavy (non-hydrogen) atoms. The van der Waals surface area contributed by atoms with E-state index in [4.69, 9.17) is 9.47 Å². The minimum atomic E-state index is 0.363. The Kier molecular flexibility index (Phi) is 3.61. The normalized spacial score (nSPS) is 17.4. The summed E-state index contributed by atoms with van der Waals surface area (Å²) in [6.07, 6.45) is 0.972. The van der Waals surface area contributed by atoms with E-state index in [0.29, 0.717) is 6.04 Å². The average Bonchev–Trinajstić information content (AvgIpc) is 2.53. The zero-order valence-corrected chi connectivity index (χ0v) is 11.8. The van der Waals surface area contributed by atoms with Gasteiger partial charge in [-0.3, -0.25) is 0 Å². The van der Waals surface area contributed by atoms with Gasteiger partial charge in [0.15, 0.2) is 11.5 Å². The van der Waals surface area contributed by atoms with Gasteiger partial charge in [-0.15, -0.1) is 0 Å². The Bertz CT molecular complexity index is 595. The first-order valence-corrected chi connectivity index (χ1v) is 6.84. The topological polar surface area (TPSA) is 30.5 Å². The molecule has 0 unspecified atom stereocenters. The quantitative estimate of drug-likeness (QED) is 0.928. The Hall–Kier alpha value is -2.00. The van der Waals surface area contributed by atoms with Crippen LogP contribution in [-0.2, 0) is 13.0 Å². The lowest BCUT2D eigenvalue weighted by atomic mass is 9.91. The van der Waals surface area contributed by atoms with Crippen molar-refractivity contribution in [1.29, 1.82) is 0 Å². The fraction of sp³-hybridized carbons (Fsp3) is 0.294. The number of fused-ring (bicyclic) bond motifs is 1. The van der Waals surface area contributed by atoms with Crippen LogP contribution in [0.15, 0.2) is 42.5 Å². The second-order valence-corrected chi connectivity index (χ2v) is 5.02. The van der Waals surface area contributed by atoms with E-state index in [-0.39, 0.29) is 0 Å². The predicted molar refractivity (Wildman–Crippen MR) is 79.3 cm³/mol. The third kappa shape index (κ3) is 2.37. The standard InChI is InChI=1S/C17H19NO2/c1-19-16-9-13-8-15(12-6-4-3-5-7-12)18-11-14(13)10-17(16)20-2/h3-7,9-10,15,18H,8,11H2,1-2H3/t15-/m0/s1. The SMILES string of the molecule is COc1cc2c(cc1OC)C[C@@H](c1ccccc1)NC2. The Labute approximate surface area is 119 Å². The maximum Gasteiger partial charge on any atom is 0.161 e. The van der Waals surface area contributed by atoms with Crippen LogP contribution in [0.25, 0.3) is 0 Å². The molecule has 1 aliphatic heterocycles. The minimum absolute atomic E-state index is 0.363. The molecule has 0 spiro atoms. The summed E-state index contributed by atoms with van der Waals surface area (Å²) >= 11 is 0. The maximum absolute atomic E-state index is 5.40. The highest BCUT2D eigenvalue weighted by Crippen LogP contribution is 2.35. The molecule has 0 saturated heterocycles. The third-order valence-corrected chi connectivity index (χ3v) is 3.87. The van der Waals surface area contributed by atoms with E-state index in [9.17, 15) is 0 Å². The maximum atomic E-state index is 5.40. The van der Waals surface area contributed by atoms with Gasteiger partial charge in [-0.05, 0) is 35.2 Å². The second kappa shape index (κ2) is 5.55. The van der Waals surface area contributed by atoms with Gasteiger partial charge in [-0.25, -0.2) is 0 Å². The first kappa shape index (κ1) is 13.0. The second-order valence-electron chi connectivity index (χ2n) is 5.02. The van der Waals surface area contributed by atoms with E-state index in [2.05, 4.69) is 41.7 Å². The van der Waals surface area contributed by atoms with Crippen molar-refractivity contribution in [2.45, 2.75) is 19.0 Å². The minimum Gasteiger partial charge on any atom is -0.493 e. The number of nitrogens with one attached hydrogen (secondary N) is 1. The zero-order valence-electron chi connectivity index (χ0n) is 11.8. The van der Waals surface area contributed by atoms with Crippen molar-refractivity contribution in [1.82, 2.24) is 5.32 Å². The molecule has 1 N–H and O–H groups in total. The van der Waals surface area contributed by atoms with E-state index in [0.717, 1.165) is 24.5 Å². The lowest BCUT2D eigenvalue weighted by Crippen LogP contribution is -2.28. The van der Waals surface area contributed by atoms with Gasteiger partial charge in [0, 0.05) is 12.6 Å². The highest BCUT2D eigenvalue weighted by Gasteiger charge is 2.21. The number of ether oxygens (including phenoxy) is 2. The summed E-state index contributed by atoms with van der Waals surface area (Å²) in [6.45, 7) is 0.856. The fourth-order valence-corrected chi connectivity index (χ4v) is 2.76. The molecular formula is C17H19NO2. The Morgan fingerprint density at radius 1 is 0.950 bits per heavy atom. The highest BCUT2D eigenvalue weighted by atomic mass is 16.5. The van der Waals surface area contributed by atoms with Crippen molar-refractivity contribution in [2.75, 3.05) is 14.2 Å². The Morgan fingerprint density at radius 2 is 1.60 bits per heavy atom. The number of benzene rings is 2. The van der Waals surface area contributed by atoms with E-state index in [1.807, 2.05) is 6.07 Å². The van der Waals surface area contributed by atoms with Gasteiger partial charge in [0.25, 0.3) is 0 Å². The zero-order chi connectivity index (χ0) is 13.9. The molecule has 2 aromatic rings. The lowest BCUT2D eigenvalue weighted by molar-refractivity contribution is 0.352. The van der Waals surface area contributed by atoms with Gasteiger partial charge in [0.1, 0.15) is 0 Å². The molecule has 3 heteroatoms. The van der Waals surface area contributed by atoms with E-state index in [1.54, 1.807) is 14.2 Å². The molecule has 0 amide bonds. The molecule has 1 atom stereocenters. The molecule has 1 aliphatic rings. The fourth-order valence-electron chi connectivity index (χ4n) is 2.76. The van der Waals surface area contributed by atoms with Gasteiger partial charge >= 0.3 is 0 Å². The number of hydrogen-bond donors (Lipinski definition) is 1. The van der Waals surface area contributed by atoms with Crippen molar-refractivity contribution < 1.29 is 9.47 Å². The molecule has 0 radical (unpaired) electrons. The van der Waals surface area contributed by atoms with Crippen molar-refractivity contribution in [2.24, 2.45) is 0 Å². The van der Waals surface area contributed by atoms with Crippen LogP contribution in [0.1, 0.15) is 22.7 Å². The molecule has 0 fully saturated rings. The van der Waals surface area contributed by atoms with Crippen LogP contribution in [-0.4, -0.2) is 14.2 Å². The molecule has 3 rings (SSSR count). The smallest absolute Gasteiger partial charge is 0.161 e. The molecule has 2 aromatic carbocycles. The number of hydrogen-bond acceptors (Lipinski definition) is 3. The Morgan fingerprint density at radius 3 is 2.25 bits per heavy atom. The van der Waals surface area contributed by atoms with Crippen LogP contribution in [0.2, 0.25) is 0 Å². The lowest BCUT2D eigenvalue weighted by Gasteiger charge is -2.27. The first-order valence-electron chi connectivity index (χ1n) is 6.84. The van der Waals surface area contributed by atoms with Gasteiger partial charge in [0.2, 0.25) is 0 Å². The summed E-state index contributed by atoms with van der Waals surface area (Å²) in [7, 11) is 3.35. The van der Waals surface area contributed by atoms with Gasteiger partial charge < -0.3 is 14.8 Å². The molecule has 0 aliphatic carbocycles. The van der Waals surface area contributed by atoms with E-state index in [1.165, 1.54) is 16.7 Å². The largest absolute Gasteiger partial charge is 0.493 e. The van der Waals surface area contributed by atoms with Crippen LogP contribution in [0.4, 0.5) is 0 Å². The first-order chi connectivity index (χ1) is 9.81. The van der Waals surface area contributed by atoms with Crippen molar-refractivity contribution in [3.63, 3.8) is 0 Å². The van der Waals surface area contributed by atoms with Crippen molar-refractivity contribution in [3.8, 4) is 11.5 Å². The molecule has 104 valence electrons. The summed E-state index contributed by atoms with van der Waals surface area (Å²) in [6, 6.07) is 15.1. The van der Waals surface area contributed by atoms with Crippen LogP contribution in [0.5, 0.6) is 11.5 Å². The summed E-state index contributed by atoms with van der Waals surface area (Å²) in [5.74, 6) is 1.60. The molecule has 3 nitrogen and oxygen atoms in total. The van der Waals surface area contributed by atoms with Crippen molar-refractivity contribution >= 4 is 0 Å². The van der Waals surface area contributed by atoms with Crippen LogP contribution < -0.4 is 14.8 Å². The monoisotopic (exact) mass is 269 g/mol. The molecule has 1 heterocycles. The van der Waals surface area contributed by atoms with Gasteiger partial charge in [-0.1, -0.05) is 30.3 Å². The highest BCUT2D eigenvalue weighted by molar-refractivity contribution is 5.48. The van der Waals surface area contributed by atoms with Crippen LogP contribution >= 0.6 is 0 Å². The van der Waals surface area contributed by atoms with E-state index >= 15 is 0 Å². The summed E-state index contributed by atoms with van der Waals surface area (Å²) < 4.78 is 10.8.